The Morgan fingerprint density at radius 3 is 2.76 bits per heavy atom. The molecule has 1 amide bonds. The molecule has 96 valence electrons. The molecule has 1 aromatic rings. The first-order chi connectivity index (χ1) is 8.15. The first-order valence-electron chi connectivity index (χ1n) is 5.37. The van der Waals surface area contributed by atoms with Gasteiger partial charge >= 0.3 is 0 Å². The number of rotatable bonds is 7. The van der Waals surface area contributed by atoms with E-state index in [-0.39, 0.29) is 5.91 Å². The van der Waals surface area contributed by atoms with Gasteiger partial charge in [0.2, 0.25) is 0 Å². The van der Waals surface area contributed by atoms with Gasteiger partial charge in [-0.1, -0.05) is 6.42 Å². The van der Waals surface area contributed by atoms with Crippen molar-refractivity contribution in [3.05, 3.63) is 19.2 Å². The summed E-state index contributed by atoms with van der Waals surface area (Å²) in [6, 6.07) is 1.85. The highest BCUT2D eigenvalue weighted by Gasteiger charge is 2.12. The van der Waals surface area contributed by atoms with Crippen LogP contribution >= 0.6 is 55.0 Å². The second-order valence-corrected chi connectivity index (χ2v) is 8.28. The lowest BCUT2D eigenvalue weighted by Crippen LogP contribution is -2.24. The van der Waals surface area contributed by atoms with Crippen LogP contribution in [0.15, 0.2) is 13.6 Å². The van der Waals surface area contributed by atoms with E-state index in [1.807, 2.05) is 17.8 Å². The SMILES string of the molecule is CSCCCCCNC(=O)c1cc(Br)sc1Br. The summed E-state index contributed by atoms with van der Waals surface area (Å²) in [7, 11) is 0. The molecule has 0 aromatic carbocycles. The van der Waals surface area contributed by atoms with Crippen LogP contribution in [0.25, 0.3) is 0 Å². The molecule has 0 saturated carbocycles. The minimum atomic E-state index is 0.00342. The van der Waals surface area contributed by atoms with Gasteiger partial charge in [-0.2, -0.15) is 11.8 Å². The van der Waals surface area contributed by atoms with E-state index in [1.54, 1.807) is 0 Å². The highest BCUT2D eigenvalue weighted by Crippen LogP contribution is 2.31. The Morgan fingerprint density at radius 2 is 2.18 bits per heavy atom. The minimum Gasteiger partial charge on any atom is -0.352 e. The van der Waals surface area contributed by atoms with Gasteiger partial charge in [0, 0.05) is 6.54 Å². The van der Waals surface area contributed by atoms with Gasteiger partial charge in [0.15, 0.2) is 0 Å². The van der Waals surface area contributed by atoms with Crippen LogP contribution < -0.4 is 5.32 Å². The van der Waals surface area contributed by atoms with Gasteiger partial charge in [-0.15, -0.1) is 11.3 Å². The molecule has 0 unspecified atom stereocenters. The zero-order chi connectivity index (χ0) is 12.7. The van der Waals surface area contributed by atoms with Crippen molar-refractivity contribution in [2.45, 2.75) is 19.3 Å². The minimum absolute atomic E-state index is 0.00342. The van der Waals surface area contributed by atoms with E-state index in [2.05, 4.69) is 43.4 Å². The Hall–Kier alpha value is 0.480. The Bertz CT molecular complexity index is 368. The van der Waals surface area contributed by atoms with E-state index in [1.165, 1.54) is 29.9 Å². The monoisotopic (exact) mass is 399 g/mol. The number of hydrogen-bond acceptors (Lipinski definition) is 3. The number of carbonyl (C=O) groups is 1. The van der Waals surface area contributed by atoms with E-state index < -0.39 is 0 Å². The summed E-state index contributed by atoms with van der Waals surface area (Å²) in [5.41, 5.74) is 0.714. The quantitative estimate of drug-likeness (QED) is 0.680. The van der Waals surface area contributed by atoms with E-state index in [0.717, 1.165) is 20.5 Å². The predicted molar refractivity (Wildman–Crippen MR) is 84.3 cm³/mol. The molecule has 6 heteroatoms. The summed E-state index contributed by atoms with van der Waals surface area (Å²) in [5, 5.41) is 2.94. The fraction of sp³-hybridized carbons (Fsp3) is 0.545. The largest absolute Gasteiger partial charge is 0.352 e. The maximum absolute atomic E-state index is 11.8. The molecule has 0 aliphatic rings. The second-order valence-electron chi connectivity index (χ2n) is 3.55. The molecule has 1 heterocycles. The molecule has 1 aromatic heterocycles. The number of nitrogens with one attached hydrogen (secondary N) is 1. The van der Waals surface area contributed by atoms with E-state index >= 15 is 0 Å². The smallest absolute Gasteiger partial charge is 0.253 e. The maximum Gasteiger partial charge on any atom is 0.253 e. The Labute approximate surface area is 127 Å². The van der Waals surface area contributed by atoms with Gasteiger partial charge in [-0.25, -0.2) is 0 Å². The number of unbranched alkanes of at least 4 members (excludes halogenated alkanes) is 2. The lowest BCUT2D eigenvalue weighted by molar-refractivity contribution is 0.0952. The molecule has 1 rings (SSSR count). The Kier molecular flexibility index (Phi) is 7.82. The fourth-order valence-corrected chi connectivity index (χ4v) is 4.63. The molecule has 0 aliphatic heterocycles. The van der Waals surface area contributed by atoms with Crippen molar-refractivity contribution in [3.8, 4) is 0 Å². The van der Waals surface area contributed by atoms with Crippen LogP contribution in [0.4, 0.5) is 0 Å². The third-order valence-electron chi connectivity index (χ3n) is 2.21. The molecule has 2 nitrogen and oxygen atoms in total. The van der Waals surface area contributed by atoms with E-state index in [9.17, 15) is 4.79 Å². The molecule has 0 atom stereocenters. The third kappa shape index (κ3) is 5.77. The van der Waals surface area contributed by atoms with Crippen molar-refractivity contribution < 1.29 is 4.79 Å². The Balaban J connectivity index is 2.23. The van der Waals surface area contributed by atoms with Crippen molar-refractivity contribution in [1.29, 1.82) is 0 Å². The van der Waals surface area contributed by atoms with Crippen LogP contribution in [-0.2, 0) is 0 Å². The molecule has 0 spiro atoms. The van der Waals surface area contributed by atoms with Crippen molar-refractivity contribution in [2.24, 2.45) is 0 Å². The molecule has 17 heavy (non-hydrogen) atoms. The van der Waals surface area contributed by atoms with Crippen LogP contribution in [0.3, 0.4) is 0 Å². The van der Waals surface area contributed by atoms with Gasteiger partial charge in [0.05, 0.1) is 13.1 Å². The van der Waals surface area contributed by atoms with Crippen molar-refractivity contribution in [2.75, 3.05) is 18.6 Å². The van der Waals surface area contributed by atoms with Crippen molar-refractivity contribution >= 4 is 60.9 Å². The van der Waals surface area contributed by atoms with Gasteiger partial charge in [0.25, 0.3) is 5.91 Å². The topological polar surface area (TPSA) is 29.1 Å². The molecular formula is C11H15Br2NOS2. The van der Waals surface area contributed by atoms with Gasteiger partial charge < -0.3 is 5.32 Å². The van der Waals surface area contributed by atoms with Crippen LogP contribution in [0.2, 0.25) is 0 Å². The normalized spacial score (nSPS) is 10.5. The van der Waals surface area contributed by atoms with Gasteiger partial charge in [-0.3, -0.25) is 4.79 Å². The summed E-state index contributed by atoms with van der Waals surface area (Å²) in [6.07, 6.45) is 5.57. The molecule has 0 radical (unpaired) electrons. The summed E-state index contributed by atoms with van der Waals surface area (Å²) in [4.78, 5) is 11.8. The van der Waals surface area contributed by atoms with Gasteiger partial charge in [-0.05, 0) is 62.8 Å². The van der Waals surface area contributed by atoms with Crippen LogP contribution in [0, 0.1) is 0 Å². The predicted octanol–water partition coefficient (Wildman–Crippen LogP) is 4.54. The summed E-state index contributed by atoms with van der Waals surface area (Å²) in [5.74, 6) is 1.21. The van der Waals surface area contributed by atoms with Crippen molar-refractivity contribution in [3.63, 3.8) is 0 Å². The summed E-state index contributed by atoms with van der Waals surface area (Å²) in [6.45, 7) is 0.757. The number of hydrogen-bond donors (Lipinski definition) is 1. The number of amides is 1. The highest BCUT2D eigenvalue weighted by molar-refractivity contribution is 9.12. The number of carbonyl (C=O) groups excluding carboxylic acids is 1. The molecule has 0 bridgehead atoms. The number of thiophene rings is 1. The molecular weight excluding hydrogens is 386 g/mol. The standard InChI is InChI=1S/C11H15Br2NOS2/c1-16-6-4-2-3-5-14-11(15)8-7-9(12)17-10(8)13/h7H,2-6H2,1H3,(H,14,15). The zero-order valence-corrected chi connectivity index (χ0v) is 14.4. The van der Waals surface area contributed by atoms with Crippen molar-refractivity contribution in [1.82, 2.24) is 5.32 Å². The molecule has 0 fully saturated rings. The van der Waals surface area contributed by atoms with Gasteiger partial charge in [0.1, 0.15) is 0 Å². The zero-order valence-electron chi connectivity index (χ0n) is 9.59. The van der Waals surface area contributed by atoms with E-state index in [4.69, 9.17) is 0 Å². The first-order valence-corrected chi connectivity index (χ1v) is 9.16. The fourth-order valence-electron chi connectivity index (χ4n) is 1.34. The highest BCUT2D eigenvalue weighted by atomic mass is 79.9. The lowest BCUT2D eigenvalue weighted by Gasteiger charge is -2.04. The number of halogens is 2. The van der Waals surface area contributed by atoms with Crippen LogP contribution in [0.1, 0.15) is 29.6 Å². The molecule has 0 saturated heterocycles. The average Bonchev–Trinajstić information content (AvgIpc) is 2.62. The third-order valence-corrected chi connectivity index (χ3v) is 5.25. The molecule has 1 N–H and O–H groups in total. The molecule has 0 aliphatic carbocycles. The van der Waals surface area contributed by atoms with E-state index in [0.29, 0.717) is 5.56 Å². The van der Waals surface area contributed by atoms with Crippen LogP contribution in [0.5, 0.6) is 0 Å². The number of thioether (sulfide) groups is 1. The maximum atomic E-state index is 11.8. The lowest BCUT2D eigenvalue weighted by atomic mass is 10.2. The van der Waals surface area contributed by atoms with Crippen LogP contribution in [-0.4, -0.2) is 24.5 Å². The first kappa shape index (κ1) is 15.5. The summed E-state index contributed by atoms with van der Waals surface area (Å²) >= 11 is 10.1. The second kappa shape index (κ2) is 8.56. The Morgan fingerprint density at radius 1 is 1.41 bits per heavy atom. The average molecular weight is 401 g/mol. The summed E-state index contributed by atoms with van der Waals surface area (Å²) < 4.78 is 1.85.